The lowest BCUT2D eigenvalue weighted by Gasteiger charge is -2.22. The Morgan fingerprint density at radius 3 is 2.34 bits per heavy atom. The van der Waals surface area contributed by atoms with Crippen LogP contribution in [0, 0.1) is 0 Å². The molecule has 7 heteroatoms. The topological polar surface area (TPSA) is 71.1 Å². The van der Waals surface area contributed by atoms with Gasteiger partial charge in [0.1, 0.15) is 19.0 Å². The third-order valence-electron chi connectivity index (χ3n) is 4.31. The van der Waals surface area contributed by atoms with E-state index in [2.05, 4.69) is 17.8 Å². The van der Waals surface area contributed by atoms with Crippen molar-refractivity contribution in [2.24, 2.45) is 0 Å². The molecule has 0 aliphatic carbocycles. The molecule has 1 rings (SSSR count). The van der Waals surface area contributed by atoms with Crippen LogP contribution in [0.1, 0.15) is 65.2 Å². The number of rotatable bonds is 18. The molecule has 29 heavy (non-hydrogen) atoms. The zero-order valence-electron chi connectivity index (χ0n) is 17.8. The molecule has 1 aromatic rings. The summed E-state index contributed by atoms with van der Waals surface area (Å²) in [6.45, 7) is 7.65. The number of unbranched alkanes of at least 4 members (excludes halogenated alkanes) is 6. The fourth-order valence-electron chi connectivity index (χ4n) is 2.76. The van der Waals surface area contributed by atoms with Crippen LogP contribution in [0.3, 0.4) is 0 Å². The van der Waals surface area contributed by atoms with Crippen molar-refractivity contribution in [3.8, 4) is 5.75 Å². The Bertz CT molecular complexity index is 632. The van der Waals surface area contributed by atoms with E-state index in [1.807, 2.05) is 30.3 Å². The van der Waals surface area contributed by atoms with E-state index in [4.69, 9.17) is 14.4 Å². The Balaban J connectivity index is 2.52. The van der Waals surface area contributed by atoms with Gasteiger partial charge in [0.05, 0.1) is 6.10 Å². The van der Waals surface area contributed by atoms with Gasteiger partial charge >= 0.3 is 10.1 Å². The van der Waals surface area contributed by atoms with Crippen LogP contribution in [0.4, 0.5) is 0 Å². The molecule has 0 bridgehead atoms. The SMILES string of the molecule is C=CCOOS(=O)(=O)C(CCCCCCCCC)OC(C)COc1ccccc1. The van der Waals surface area contributed by atoms with Crippen LogP contribution in [-0.4, -0.2) is 33.2 Å². The number of hydrogen-bond acceptors (Lipinski definition) is 6. The number of hydrogen-bond donors (Lipinski definition) is 0. The second kappa shape index (κ2) is 15.4. The van der Waals surface area contributed by atoms with Gasteiger partial charge in [0.15, 0.2) is 5.44 Å². The van der Waals surface area contributed by atoms with Gasteiger partial charge in [-0.25, -0.2) is 4.89 Å². The second-order valence-electron chi connectivity index (χ2n) is 7.04. The Morgan fingerprint density at radius 1 is 1.03 bits per heavy atom. The highest BCUT2D eigenvalue weighted by atomic mass is 32.2. The molecule has 2 unspecified atom stereocenters. The molecule has 0 aliphatic heterocycles. The predicted molar refractivity (Wildman–Crippen MR) is 115 cm³/mol. The van der Waals surface area contributed by atoms with Crippen molar-refractivity contribution in [2.45, 2.75) is 76.8 Å². The molecule has 0 saturated carbocycles. The molecule has 0 amide bonds. The van der Waals surface area contributed by atoms with E-state index < -0.39 is 21.7 Å². The molecule has 0 N–H and O–H groups in total. The molecule has 0 heterocycles. The first-order chi connectivity index (χ1) is 14.0. The lowest BCUT2D eigenvalue weighted by Crippen LogP contribution is -2.32. The zero-order valence-corrected chi connectivity index (χ0v) is 18.6. The molecule has 0 fully saturated rings. The minimum absolute atomic E-state index is 0.0178. The average Bonchev–Trinajstić information content (AvgIpc) is 2.71. The number of para-hydroxylation sites is 1. The predicted octanol–water partition coefficient (Wildman–Crippen LogP) is 5.40. The van der Waals surface area contributed by atoms with Gasteiger partial charge in [-0.3, -0.25) is 0 Å². The summed E-state index contributed by atoms with van der Waals surface area (Å²) < 4.78 is 41.0. The highest BCUT2D eigenvalue weighted by Crippen LogP contribution is 2.19. The highest BCUT2D eigenvalue weighted by molar-refractivity contribution is 7.87. The summed E-state index contributed by atoms with van der Waals surface area (Å²) in [5.41, 5.74) is -1.10. The molecule has 0 saturated heterocycles. The molecular formula is C22H36O6S. The van der Waals surface area contributed by atoms with E-state index >= 15 is 0 Å². The van der Waals surface area contributed by atoms with E-state index in [9.17, 15) is 8.42 Å². The van der Waals surface area contributed by atoms with Crippen LogP contribution in [0.2, 0.25) is 0 Å². The Hall–Kier alpha value is -1.41. The molecule has 2 atom stereocenters. The average molecular weight is 429 g/mol. The van der Waals surface area contributed by atoms with Crippen molar-refractivity contribution in [1.29, 1.82) is 0 Å². The monoisotopic (exact) mass is 428 g/mol. The lowest BCUT2D eigenvalue weighted by molar-refractivity contribution is -0.194. The first kappa shape index (κ1) is 25.6. The standard InChI is InChI=1S/C22H36O6S/c1-4-6-7-8-9-10-14-17-22(29(23,24)28-26-18-5-2)27-20(3)19-25-21-15-12-11-13-16-21/h5,11-13,15-16,20,22H,2,4,6-10,14,17-19H2,1,3H3. The highest BCUT2D eigenvalue weighted by Gasteiger charge is 2.30. The first-order valence-corrected chi connectivity index (χ1v) is 12.0. The Kier molecular flexibility index (Phi) is 13.6. The van der Waals surface area contributed by atoms with Crippen LogP contribution >= 0.6 is 0 Å². The van der Waals surface area contributed by atoms with Crippen LogP contribution in [0.25, 0.3) is 0 Å². The Morgan fingerprint density at radius 2 is 1.69 bits per heavy atom. The van der Waals surface area contributed by atoms with Crippen LogP contribution < -0.4 is 4.74 Å². The minimum atomic E-state index is -4.02. The van der Waals surface area contributed by atoms with Gasteiger partial charge in [-0.2, -0.15) is 8.42 Å². The van der Waals surface area contributed by atoms with Crippen molar-refractivity contribution in [1.82, 2.24) is 0 Å². The van der Waals surface area contributed by atoms with Crippen molar-refractivity contribution >= 4 is 10.1 Å². The van der Waals surface area contributed by atoms with Gasteiger partial charge < -0.3 is 9.47 Å². The fourth-order valence-corrected chi connectivity index (χ4v) is 3.82. The van der Waals surface area contributed by atoms with Gasteiger partial charge in [0.2, 0.25) is 0 Å². The van der Waals surface area contributed by atoms with Crippen LogP contribution in [0.15, 0.2) is 43.0 Å². The van der Waals surface area contributed by atoms with E-state index in [0.717, 1.165) is 19.3 Å². The van der Waals surface area contributed by atoms with E-state index in [1.165, 1.54) is 31.8 Å². The van der Waals surface area contributed by atoms with E-state index in [-0.39, 0.29) is 13.2 Å². The quantitative estimate of drug-likeness (QED) is 0.135. The summed E-state index contributed by atoms with van der Waals surface area (Å²) in [5.74, 6) is 0.708. The fraction of sp³-hybridized carbons (Fsp3) is 0.636. The summed E-state index contributed by atoms with van der Waals surface area (Å²) in [7, 11) is -4.02. The molecule has 6 nitrogen and oxygen atoms in total. The minimum Gasteiger partial charge on any atom is -0.491 e. The smallest absolute Gasteiger partial charge is 0.320 e. The van der Waals surface area contributed by atoms with Gasteiger partial charge in [-0.05, 0) is 31.9 Å². The summed E-state index contributed by atoms with van der Waals surface area (Å²) >= 11 is 0. The number of ether oxygens (including phenoxy) is 2. The molecule has 0 aliphatic rings. The largest absolute Gasteiger partial charge is 0.491 e. The summed E-state index contributed by atoms with van der Waals surface area (Å²) in [6.07, 6.45) is 8.98. The Labute approximate surface area is 176 Å². The van der Waals surface area contributed by atoms with Crippen molar-refractivity contribution in [2.75, 3.05) is 13.2 Å². The van der Waals surface area contributed by atoms with Crippen molar-refractivity contribution in [3.63, 3.8) is 0 Å². The molecular weight excluding hydrogens is 392 g/mol. The second-order valence-corrected chi connectivity index (χ2v) is 8.69. The third kappa shape index (κ3) is 12.0. The molecule has 166 valence electrons. The number of benzene rings is 1. The summed E-state index contributed by atoms with van der Waals surface area (Å²) in [6, 6.07) is 9.33. The van der Waals surface area contributed by atoms with E-state index in [1.54, 1.807) is 6.92 Å². The maximum Gasteiger partial charge on any atom is 0.320 e. The summed E-state index contributed by atoms with van der Waals surface area (Å²) in [4.78, 5) is 4.69. The van der Waals surface area contributed by atoms with Gasteiger partial charge in [0, 0.05) is 0 Å². The zero-order chi connectivity index (χ0) is 21.4. The third-order valence-corrected chi connectivity index (χ3v) is 5.58. The van der Waals surface area contributed by atoms with Gasteiger partial charge in [-0.1, -0.05) is 69.7 Å². The van der Waals surface area contributed by atoms with Crippen molar-refractivity contribution < 1.29 is 27.1 Å². The molecule has 1 aromatic carbocycles. The molecule has 0 aromatic heterocycles. The van der Waals surface area contributed by atoms with Gasteiger partial charge in [0.25, 0.3) is 0 Å². The maximum absolute atomic E-state index is 12.5. The lowest BCUT2D eigenvalue weighted by atomic mass is 10.1. The van der Waals surface area contributed by atoms with Crippen molar-refractivity contribution in [3.05, 3.63) is 43.0 Å². The van der Waals surface area contributed by atoms with E-state index in [0.29, 0.717) is 12.2 Å². The summed E-state index contributed by atoms with van der Waals surface area (Å²) in [5, 5.41) is 0. The van der Waals surface area contributed by atoms with Crippen LogP contribution in [-0.2, 0) is 24.1 Å². The normalized spacial score (nSPS) is 13.7. The maximum atomic E-state index is 12.5. The van der Waals surface area contributed by atoms with Crippen LogP contribution in [0.5, 0.6) is 5.75 Å². The first-order valence-electron chi connectivity index (χ1n) is 10.5. The van der Waals surface area contributed by atoms with Gasteiger partial charge in [-0.15, -0.1) is 10.9 Å². The molecule has 0 spiro atoms. The molecule has 0 radical (unpaired) electrons.